The molecule has 0 radical (unpaired) electrons. The molecule has 1 N–H and O–H groups in total. The monoisotopic (exact) mass is 187 g/mol. The highest BCUT2D eigenvalue weighted by molar-refractivity contribution is 5.85. The molecule has 1 aromatic heterocycles. The number of H-pyrrole nitrogens is 1. The maximum atomic E-state index is 4.21. The van der Waals surface area contributed by atoms with Gasteiger partial charge in [0.2, 0.25) is 5.95 Å². The molecule has 68 valence electrons. The summed E-state index contributed by atoms with van der Waals surface area (Å²) in [7, 11) is 0. The lowest BCUT2D eigenvalue weighted by molar-refractivity contribution is 0.570. The average molecular weight is 188 g/mol. The molecule has 0 aliphatic carbocycles. The van der Waals surface area contributed by atoms with Crippen LogP contribution in [0.5, 0.6) is 0 Å². The van der Waals surface area contributed by atoms with Crippen LogP contribution in [-0.2, 0) is 0 Å². The third kappa shape index (κ3) is 1.91. The Labute approximate surface area is 78.6 Å². The quantitative estimate of drug-likeness (QED) is 0.728. The van der Waals surface area contributed by atoms with E-state index in [0.29, 0.717) is 0 Å². The number of anilines is 1. The third-order valence-electron chi connectivity index (χ3n) is 2.14. The molecule has 2 rings (SSSR count). The highest BCUT2D eigenvalue weighted by atomic mass is 35.5. The Hall–Kier alpha value is -0.700. The van der Waals surface area contributed by atoms with Gasteiger partial charge in [0.1, 0.15) is 0 Å². The second-order valence-electron chi connectivity index (χ2n) is 2.96. The number of nitrogens with one attached hydrogen (secondary N) is 1. The van der Waals surface area contributed by atoms with Gasteiger partial charge in [-0.25, -0.2) is 4.98 Å². The van der Waals surface area contributed by atoms with E-state index in [1.165, 1.54) is 19.3 Å². The summed E-state index contributed by atoms with van der Waals surface area (Å²) in [4.78, 5) is 9.64. The van der Waals surface area contributed by atoms with Gasteiger partial charge in [0.15, 0.2) is 0 Å². The van der Waals surface area contributed by atoms with Crippen molar-refractivity contribution >= 4 is 18.4 Å². The molecular formula is C8H14ClN3. The SMILES string of the molecule is Cl.c1c[nH]c(N2CCCCC2)n1. The number of hydrogen-bond acceptors (Lipinski definition) is 2. The van der Waals surface area contributed by atoms with Crippen molar-refractivity contribution in [3.05, 3.63) is 12.4 Å². The maximum absolute atomic E-state index is 4.21. The summed E-state index contributed by atoms with van der Waals surface area (Å²) in [6.07, 6.45) is 7.67. The van der Waals surface area contributed by atoms with Gasteiger partial charge in [0.05, 0.1) is 0 Å². The minimum absolute atomic E-state index is 0. The minimum Gasteiger partial charge on any atom is -0.342 e. The molecule has 0 unspecified atom stereocenters. The van der Waals surface area contributed by atoms with Crippen LogP contribution in [0.1, 0.15) is 19.3 Å². The van der Waals surface area contributed by atoms with Crippen molar-refractivity contribution in [2.24, 2.45) is 0 Å². The van der Waals surface area contributed by atoms with E-state index in [0.717, 1.165) is 19.0 Å². The van der Waals surface area contributed by atoms with Crippen molar-refractivity contribution in [3.63, 3.8) is 0 Å². The number of imidazole rings is 1. The standard InChI is InChI=1S/C8H13N3.ClH/c1-2-6-11(7-3-1)8-9-4-5-10-8;/h4-5H,1-3,6-7H2,(H,9,10);1H. The smallest absolute Gasteiger partial charge is 0.202 e. The minimum atomic E-state index is 0. The predicted molar refractivity (Wildman–Crippen MR) is 51.9 cm³/mol. The first-order chi connectivity index (χ1) is 5.47. The molecule has 1 aromatic rings. The summed E-state index contributed by atoms with van der Waals surface area (Å²) in [5, 5.41) is 0. The van der Waals surface area contributed by atoms with E-state index in [-0.39, 0.29) is 12.4 Å². The van der Waals surface area contributed by atoms with Crippen molar-refractivity contribution in [2.45, 2.75) is 19.3 Å². The molecular weight excluding hydrogens is 174 g/mol. The molecule has 12 heavy (non-hydrogen) atoms. The molecule has 0 aromatic carbocycles. The van der Waals surface area contributed by atoms with E-state index in [2.05, 4.69) is 14.9 Å². The Morgan fingerprint density at radius 2 is 2.00 bits per heavy atom. The van der Waals surface area contributed by atoms with Crippen LogP contribution in [0.2, 0.25) is 0 Å². The lowest BCUT2D eigenvalue weighted by atomic mass is 10.1. The van der Waals surface area contributed by atoms with Crippen molar-refractivity contribution in [1.82, 2.24) is 9.97 Å². The Kier molecular flexibility index (Phi) is 3.41. The zero-order chi connectivity index (χ0) is 7.52. The number of aromatic amines is 1. The molecule has 0 saturated carbocycles. The highest BCUT2D eigenvalue weighted by Crippen LogP contribution is 2.14. The van der Waals surface area contributed by atoms with Gasteiger partial charge in [-0.15, -0.1) is 12.4 Å². The Morgan fingerprint density at radius 1 is 1.25 bits per heavy atom. The van der Waals surface area contributed by atoms with Crippen molar-refractivity contribution < 1.29 is 0 Å². The molecule has 4 heteroatoms. The van der Waals surface area contributed by atoms with E-state index in [1.807, 2.05) is 12.4 Å². The number of aromatic nitrogens is 2. The fourth-order valence-corrected chi connectivity index (χ4v) is 1.54. The van der Waals surface area contributed by atoms with Crippen molar-refractivity contribution in [2.75, 3.05) is 18.0 Å². The molecule has 3 nitrogen and oxygen atoms in total. The summed E-state index contributed by atoms with van der Waals surface area (Å²) < 4.78 is 0. The van der Waals surface area contributed by atoms with Crippen LogP contribution in [0.25, 0.3) is 0 Å². The first-order valence-electron chi connectivity index (χ1n) is 4.21. The van der Waals surface area contributed by atoms with Crippen LogP contribution < -0.4 is 4.90 Å². The van der Waals surface area contributed by atoms with Crippen LogP contribution in [0.3, 0.4) is 0 Å². The predicted octanol–water partition coefficient (Wildman–Crippen LogP) is 1.82. The van der Waals surface area contributed by atoms with Crippen LogP contribution in [-0.4, -0.2) is 23.1 Å². The van der Waals surface area contributed by atoms with Crippen LogP contribution >= 0.6 is 12.4 Å². The second kappa shape index (κ2) is 4.36. The summed E-state index contributed by atoms with van der Waals surface area (Å²) >= 11 is 0. The first-order valence-corrected chi connectivity index (χ1v) is 4.21. The number of rotatable bonds is 1. The van der Waals surface area contributed by atoms with Crippen LogP contribution in [0, 0.1) is 0 Å². The molecule has 0 spiro atoms. The Bertz CT molecular complexity index is 204. The molecule has 0 bridgehead atoms. The van der Waals surface area contributed by atoms with Crippen LogP contribution in [0.15, 0.2) is 12.4 Å². The molecule has 1 aliphatic rings. The Morgan fingerprint density at radius 3 is 2.58 bits per heavy atom. The van der Waals surface area contributed by atoms with Crippen LogP contribution in [0.4, 0.5) is 5.95 Å². The summed E-state index contributed by atoms with van der Waals surface area (Å²) in [6.45, 7) is 2.32. The van der Waals surface area contributed by atoms with Crippen molar-refractivity contribution in [3.8, 4) is 0 Å². The van der Waals surface area contributed by atoms with E-state index < -0.39 is 0 Å². The zero-order valence-corrected chi connectivity index (χ0v) is 7.81. The summed E-state index contributed by atoms with van der Waals surface area (Å²) in [5.41, 5.74) is 0. The lowest BCUT2D eigenvalue weighted by Gasteiger charge is -2.25. The van der Waals surface area contributed by atoms with E-state index in [4.69, 9.17) is 0 Å². The average Bonchev–Trinajstić information content (AvgIpc) is 2.58. The normalized spacial score (nSPS) is 17.2. The van der Waals surface area contributed by atoms with Crippen molar-refractivity contribution in [1.29, 1.82) is 0 Å². The number of nitrogens with zero attached hydrogens (tertiary/aromatic N) is 2. The molecule has 0 amide bonds. The van der Waals surface area contributed by atoms with Gasteiger partial charge in [0.25, 0.3) is 0 Å². The molecule has 1 saturated heterocycles. The summed E-state index contributed by atoms with van der Waals surface area (Å²) in [5.74, 6) is 1.03. The lowest BCUT2D eigenvalue weighted by Crippen LogP contribution is -2.30. The van der Waals surface area contributed by atoms with E-state index >= 15 is 0 Å². The number of piperidine rings is 1. The van der Waals surface area contributed by atoms with Gasteiger partial charge < -0.3 is 9.88 Å². The topological polar surface area (TPSA) is 31.9 Å². The largest absolute Gasteiger partial charge is 0.342 e. The van der Waals surface area contributed by atoms with Gasteiger partial charge in [-0.05, 0) is 19.3 Å². The summed E-state index contributed by atoms with van der Waals surface area (Å²) in [6, 6.07) is 0. The molecule has 0 atom stereocenters. The van der Waals surface area contributed by atoms with Gasteiger partial charge >= 0.3 is 0 Å². The third-order valence-corrected chi connectivity index (χ3v) is 2.14. The number of hydrogen-bond donors (Lipinski definition) is 1. The fraction of sp³-hybridized carbons (Fsp3) is 0.625. The maximum Gasteiger partial charge on any atom is 0.202 e. The zero-order valence-electron chi connectivity index (χ0n) is 6.99. The molecule has 1 fully saturated rings. The first kappa shape index (κ1) is 9.39. The number of halogens is 1. The fourth-order valence-electron chi connectivity index (χ4n) is 1.54. The van der Waals surface area contributed by atoms with Gasteiger partial charge in [-0.1, -0.05) is 0 Å². The molecule has 2 heterocycles. The van der Waals surface area contributed by atoms with E-state index in [9.17, 15) is 0 Å². The van der Waals surface area contributed by atoms with Gasteiger partial charge in [-0.3, -0.25) is 0 Å². The Balaban J connectivity index is 0.000000720. The molecule has 1 aliphatic heterocycles. The van der Waals surface area contributed by atoms with Gasteiger partial charge in [-0.2, -0.15) is 0 Å². The highest BCUT2D eigenvalue weighted by Gasteiger charge is 2.11. The van der Waals surface area contributed by atoms with E-state index in [1.54, 1.807) is 0 Å². The van der Waals surface area contributed by atoms with Gasteiger partial charge in [0, 0.05) is 25.5 Å². The second-order valence-corrected chi connectivity index (χ2v) is 2.96.